The van der Waals surface area contributed by atoms with Gasteiger partial charge in [0, 0.05) is 6.04 Å². The second-order valence-electron chi connectivity index (χ2n) is 5.58. The fraction of sp³-hybridized carbons (Fsp3) is 0.500. The minimum atomic E-state index is 0.484. The van der Waals surface area contributed by atoms with Crippen molar-refractivity contribution in [2.45, 2.75) is 38.1 Å². The number of benzene rings is 1. The lowest BCUT2D eigenvalue weighted by Gasteiger charge is -2.23. The van der Waals surface area contributed by atoms with Gasteiger partial charge in [0.25, 0.3) is 0 Å². The summed E-state index contributed by atoms with van der Waals surface area (Å²) in [4.78, 5) is 0. The molecule has 0 bridgehead atoms. The maximum absolute atomic E-state index is 5.55. The number of hydrogen-bond acceptors (Lipinski definition) is 4. The third kappa shape index (κ3) is 4.10. The molecular formula is C16H21N3O2S. The first-order chi connectivity index (χ1) is 10.8. The van der Waals surface area contributed by atoms with E-state index in [-0.39, 0.29) is 0 Å². The monoisotopic (exact) mass is 319 g/mol. The van der Waals surface area contributed by atoms with Crippen LogP contribution in [-0.2, 0) is 0 Å². The van der Waals surface area contributed by atoms with Crippen LogP contribution in [0.4, 0.5) is 0 Å². The Bertz CT molecular complexity index is 556. The number of rotatable bonds is 3. The maximum Gasteiger partial charge on any atom is 0.187 e. The molecule has 0 unspecified atom stereocenters. The van der Waals surface area contributed by atoms with Crippen molar-refractivity contribution >= 4 is 23.5 Å². The first kappa shape index (κ1) is 15.1. The van der Waals surface area contributed by atoms with Crippen LogP contribution in [0.15, 0.2) is 23.3 Å². The minimum absolute atomic E-state index is 0.484. The Morgan fingerprint density at radius 3 is 2.73 bits per heavy atom. The van der Waals surface area contributed by atoms with Gasteiger partial charge >= 0.3 is 0 Å². The van der Waals surface area contributed by atoms with Gasteiger partial charge in [-0.2, -0.15) is 5.10 Å². The number of nitrogens with zero attached hydrogens (tertiary/aromatic N) is 1. The third-order valence-electron chi connectivity index (χ3n) is 3.89. The van der Waals surface area contributed by atoms with Gasteiger partial charge in [-0.1, -0.05) is 19.3 Å². The summed E-state index contributed by atoms with van der Waals surface area (Å²) in [5.41, 5.74) is 3.82. The van der Waals surface area contributed by atoms with Crippen LogP contribution < -0.4 is 20.2 Å². The average Bonchev–Trinajstić information content (AvgIpc) is 2.55. The Labute approximate surface area is 136 Å². The van der Waals surface area contributed by atoms with E-state index < -0.39 is 0 Å². The van der Waals surface area contributed by atoms with E-state index in [1.807, 2.05) is 18.2 Å². The van der Waals surface area contributed by atoms with Gasteiger partial charge in [-0.3, -0.25) is 5.43 Å². The number of nitrogens with one attached hydrogen (secondary N) is 2. The molecule has 0 aromatic heterocycles. The van der Waals surface area contributed by atoms with Crippen molar-refractivity contribution in [3.8, 4) is 11.5 Å². The third-order valence-corrected chi connectivity index (χ3v) is 4.10. The van der Waals surface area contributed by atoms with Gasteiger partial charge in [-0.15, -0.1) is 0 Å². The van der Waals surface area contributed by atoms with Crippen LogP contribution >= 0.6 is 12.2 Å². The first-order valence-electron chi connectivity index (χ1n) is 7.80. The van der Waals surface area contributed by atoms with Crippen LogP contribution in [0.25, 0.3) is 0 Å². The zero-order valence-corrected chi connectivity index (χ0v) is 13.3. The topological polar surface area (TPSA) is 54.9 Å². The molecule has 118 valence electrons. The predicted molar refractivity (Wildman–Crippen MR) is 90.8 cm³/mol. The molecule has 1 heterocycles. The van der Waals surface area contributed by atoms with Crippen molar-refractivity contribution in [3.05, 3.63) is 23.8 Å². The highest BCUT2D eigenvalue weighted by atomic mass is 32.1. The largest absolute Gasteiger partial charge is 0.486 e. The van der Waals surface area contributed by atoms with Crippen LogP contribution in [0.1, 0.15) is 37.7 Å². The molecule has 1 aromatic carbocycles. The fourth-order valence-corrected chi connectivity index (χ4v) is 2.99. The van der Waals surface area contributed by atoms with E-state index in [9.17, 15) is 0 Å². The number of hydrogen-bond donors (Lipinski definition) is 2. The van der Waals surface area contributed by atoms with Crippen molar-refractivity contribution in [1.82, 2.24) is 10.7 Å². The summed E-state index contributed by atoms with van der Waals surface area (Å²) < 4.78 is 11.0. The van der Waals surface area contributed by atoms with Crippen LogP contribution in [0.5, 0.6) is 11.5 Å². The van der Waals surface area contributed by atoms with Crippen LogP contribution in [0.3, 0.4) is 0 Å². The Hall–Kier alpha value is -1.82. The molecule has 6 heteroatoms. The first-order valence-corrected chi connectivity index (χ1v) is 8.21. The number of fused-ring (bicyclic) bond motifs is 1. The van der Waals surface area contributed by atoms with Crippen LogP contribution in [0.2, 0.25) is 0 Å². The van der Waals surface area contributed by atoms with Gasteiger partial charge in [-0.25, -0.2) is 0 Å². The Kier molecular flexibility index (Phi) is 5.11. The molecule has 0 spiro atoms. The highest BCUT2D eigenvalue weighted by molar-refractivity contribution is 7.80. The quantitative estimate of drug-likeness (QED) is 0.509. The summed E-state index contributed by atoms with van der Waals surface area (Å²) in [7, 11) is 0. The molecule has 22 heavy (non-hydrogen) atoms. The molecule has 2 aliphatic rings. The normalized spacial score (nSPS) is 18.2. The minimum Gasteiger partial charge on any atom is -0.486 e. The summed E-state index contributed by atoms with van der Waals surface area (Å²) in [6.07, 6.45) is 8.00. The van der Waals surface area contributed by atoms with E-state index in [4.69, 9.17) is 21.7 Å². The molecule has 1 aliphatic carbocycles. The van der Waals surface area contributed by atoms with Crippen LogP contribution in [-0.4, -0.2) is 30.6 Å². The smallest absolute Gasteiger partial charge is 0.187 e. The standard InChI is InChI=1S/C16H21N3O2S/c22-16(18-13-4-2-1-3-5-13)19-17-11-12-6-7-14-15(10-12)21-9-8-20-14/h6-7,10-11,13H,1-5,8-9H2,(H2,18,19,22)/b17-11+. The second kappa shape index (κ2) is 7.45. The maximum atomic E-state index is 5.55. The number of thiocarbonyl (C=S) groups is 1. The van der Waals surface area contributed by atoms with E-state index in [0.29, 0.717) is 24.4 Å². The molecule has 1 saturated carbocycles. The highest BCUT2D eigenvalue weighted by Gasteiger charge is 2.13. The zero-order chi connectivity index (χ0) is 15.2. The van der Waals surface area contributed by atoms with E-state index in [0.717, 1.165) is 17.1 Å². The molecule has 3 rings (SSSR count). The molecule has 0 saturated heterocycles. The van der Waals surface area contributed by atoms with Crippen molar-refractivity contribution in [2.75, 3.05) is 13.2 Å². The fourth-order valence-electron chi connectivity index (χ4n) is 2.77. The van der Waals surface area contributed by atoms with Gasteiger partial charge in [0.05, 0.1) is 6.21 Å². The van der Waals surface area contributed by atoms with Gasteiger partial charge in [0.15, 0.2) is 16.6 Å². The average molecular weight is 319 g/mol. The molecule has 0 amide bonds. The molecule has 5 nitrogen and oxygen atoms in total. The summed E-state index contributed by atoms with van der Waals surface area (Å²) in [5.74, 6) is 1.55. The predicted octanol–water partition coefficient (Wildman–Crippen LogP) is 2.59. The lowest BCUT2D eigenvalue weighted by molar-refractivity contribution is 0.171. The Morgan fingerprint density at radius 2 is 1.91 bits per heavy atom. The van der Waals surface area contributed by atoms with Crippen molar-refractivity contribution in [2.24, 2.45) is 5.10 Å². The van der Waals surface area contributed by atoms with Gasteiger partial charge in [0.2, 0.25) is 0 Å². The molecule has 1 fully saturated rings. The molecule has 1 aliphatic heterocycles. The zero-order valence-electron chi connectivity index (χ0n) is 12.5. The molecule has 0 radical (unpaired) electrons. The van der Waals surface area contributed by atoms with Gasteiger partial charge in [-0.05, 0) is 48.8 Å². The van der Waals surface area contributed by atoms with Crippen molar-refractivity contribution in [3.63, 3.8) is 0 Å². The van der Waals surface area contributed by atoms with Crippen LogP contribution in [0, 0.1) is 0 Å². The van der Waals surface area contributed by atoms with E-state index in [1.165, 1.54) is 32.1 Å². The molecule has 1 aromatic rings. The molecule has 2 N–H and O–H groups in total. The summed E-state index contributed by atoms with van der Waals surface area (Å²) >= 11 is 5.27. The lowest BCUT2D eigenvalue weighted by Crippen LogP contribution is -2.40. The Morgan fingerprint density at radius 1 is 1.14 bits per heavy atom. The SMILES string of the molecule is S=C(N/N=C/c1ccc2c(c1)OCCO2)NC1CCCCC1. The van der Waals surface area contributed by atoms with E-state index in [1.54, 1.807) is 6.21 Å². The highest BCUT2D eigenvalue weighted by Crippen LogP contribution is 2.30. The van der Waals surface area contributed by atoms with E-state index >= 15 is 0 Å². The molecular weight excluding hydrogens is 298 g/mol. The van der Waals surface area contributed by atoms with Crippen molar-refractivity contribution < 1.29 is 9.47 Å². The lowest BCUT2D eigenvalue weighted by atomic mass is 9.96. The summed E-state index contributed by atoms with van der Waals surface area (Å²) in [5, 5.41) is 8.08. The summed E-state index contributed by atoms with van der Waals surface area (Å²) in [6, 6.07) is 6.24. The van der Waals surface area contributed by atoms with Gasteiger partial charge in [0.1, 0.15) is 13.2 Å². The second-order valence-corrected chi connectivity index (χ2v) is 5.99. The van der Waals surface area contributed by atoms with Crippen molar-refractivity contribution in [1.29, 1.82) is 0 Å². The van der Waals surface area contributed by atoms with Gasteiger partial charge < -0.3 is 14.8 Å². The summed E-state index contributed by atoms with van der Waals surface area (Å²) in [6.45, 7) is 1.18. The van der Waals surface area contributed by atoms with E-state index in [2.05, 4.69) is 15.8 Å². The Balaban J connectivity index is 1.50. The molecule has 0 atom stereocenters. The number of ether oxygens (including phenoxy) is 2. The number of hydrazone groups is 1.